The summed E-state index contributed by atoms with van der Waals surface area (Å²) in [4.78, 5) is 16.1. The second-order valence-corrected chi connectivity index (χ2v) is 5.11. The van der Waals surface area contributed by atoms with Gasteiger partial charge in [0.05, 0.1) is 11.1 Å². The third-order valence-electron chi connectivity index (χ3n) is 3.67. The summed E-state index contributed by atoms with van der Waals surface area (Å²) >= 11 is 0. The molecule has 1 aliphatic heterocycles. The van der Waals surface area contributed by atoms with Gasteiger partial charge in [0, 0.05) is 18.0 Å². The molecule has 0 spiro atoms. The standard InChI is InChI=1S/C15H18N4O/c16-15(20)12-8-14(18-9-10-4-3-7-17-10)19-13-6-2-1-5-11(12)13/h1-2,5-6,8,10,17H,3-4,7,9H2,(H2,16,20)(H,18,19). The highest BCUT2D eigenvalue weighted by Gasteiger charge is 2.15. The third-order valence-corrected chi connectivity index (χ3v) is 3.67. The molecule has 1 unspecified atom stereocenters. The molecule has 2 heterocycles. The number of primary amides is 1. The highest BCUT2D eigenvalue weighted by atomic mass is 16.1. The summed E-state index contributed by atoms with van der Waals surface area (Å²) in [5.74, 6) is 0.275. The lowest BCUT2D eigenvalue weighted by molar-refractivity contribution is 0.100. The fraction of sp³-hybridized carbons (Fsp3) is 0.333. The van der Waals surface area contributed by atoms with Gasteiger partial charge in [-0.05, 0) is 31.5 Å². The Kier molecular flexibility index (Phi) is 3.52. The molecule has 0 radical (unpaired) electrons. The molecule has 1 atom stereocenters. The van der Waals surface area contributed by atoms with E-state index in [0.29, 0.717) is 17.4 Å². The Morgan fingerprint density at radius 1 is 1.45 bits per heavy atom. The molecule has 2 aromatic rings. The summed E-state index contributed by atoms with van der Waals surface area (Å²) in [6.45, 7) is 1.88. The van der Waals surface area contributed by atoms with E-state index in [1.165, 1.54) is 12.8 Å². The molecular formula is C15H18N4O. The van der Waals surface area contributed by atoms with Gasteiger partial charge in [0.2, 0.25) is 5.91 Å². The van der Waals surface area contributed by atoms with Crippen molar-refractivity contribution in [2.24, 2.45) is 5.73 Å². The van der Waals surface area contributed by atoms with Crippen LogP contribution in [0.5, 0.6) is 0 Å². The zero-order chi connectivity index (χ0) is 13.9. The zero-order valence-electron chi connectivity index (χ0n) is 11.2. The van der Waals surface area contributed by atoms with Crippen LogP contribution in [0.1, 0.15) is 23.2 Å². The van der Waals surface area contributed by atoms with Gasteiger partial charge in [0.1, 0.15) is 5.82 Å². The number of carbonyl (C=O) groups is 1. The van der Waals surface area contributed by atoms with E-state index in [2.05, 4.69) is 15.6 Å². The van der Waals surface area contributed by atoms with Gasteiger partial charge in [-0.1, -0.05) is 18.2 Å². The van der Waals surface area contributed by atoms with E-state index in [9.17, 15) is 4.79 Å². The van der Waals surface area contributed by atoms with Gasteiger partial charge >= 0.3 is 0 Å². The first-order valence-corrected chi connectivity index (χ1v) is 6.91. The number of hydrogen-bond donors (Lipinski definition) is 3. The van der Waals surface area contributed by atoms with Crippen molar-refractivity contribution in [3.05, 3.63) is 35.9 Å². The quantitative estimate of drug-likeness (QED) is 0.786. The maximum absolute atomic E-state index is 11.6. The van der Waals surface area contributed by atoms with Gasteiger partial charge in [-0.25, -0.2) is 4.98 Å². The zero-order valence-corrected chi connectivity index (χ0v) is 11.2. The smallest absolute Gasteiger partial charge is 0.249 e. The van der Waals surface area contributed by atoms with Crippen molar-refractivity contribution >= 4 is 22.6 Å². The molecule has 1 saturated heterocycles. The number of anilines is 1. The Morgan fingerprint density at radius 3 is 3.05 bits per heavy atom. The van der Waals surface area contributed by atoms with Crippen LogP contribution < -0.4 is 16.4 Å². The minimum absolute atomic E-state index is 0.425. The predicted octanol–water partition coefficient (Wildman–Crippen LogP) is 1.50. The van der Waals surface area contributed by atoms with E-state index >= 15 is 0 Å². The fourth-order valence-electron chi connectivity index (χ4n) is 2.63. The Labute approximate surface area is 117 Å². The minimum atomic E-state index is -0.425. The molecular weight excluding hydrogens is 252 g/mol. The van der Waals surface area contributed by atoms with Crippen LogP contribution in [-0.4, -0.2) is 30.0 Å². The van der Waals surface area contributed by atoms with Crippen LogP contribution in [0.15, 0.2) is 30.3 Å². The van der Waals surface area contributed by atoms with Crippen molar-refractivity contribution < 1.29 is 4.79 Å². The Hall–Kier alpha value is -2.14. The summed E-state index contributed by atoms with van der Waals surface area (Å²) in [6.07, 6.45) is 2.38. The minimum Gasteiger partial charge on any atom is -0.368 e. The molecule has 3 rings (SSSR count). The number of hydrogen-bond acceptors (Lipinski definition) is 4. The lowest BCUT2D eigenvalue weighted by Crippen LogP contribution is -2.29. The van der Waals surface area contributed by atoms with Crippen LogP contribution in [0.25, 0.3) is 10.9 Å². The van der Waals surface area contributed by atoms with Crippen LogP contribution in [-0.2, 0) is 0 Å². The molecule has 1 aromatic heterocycles. The number of benzene rings is 1. The number of para-hydroxylation sites is 1. The van der Waals surface area contributed by atoms with Crippen molar-refractivity contribution in [1.29, 1.82) is 0 Å². The maximum atomic E-state index is 11.6. The molecule has 1 aromatic carbocycles. The highest BCUT2D eigenvalue weighted by molar-refractivity contribution is 6.06. The number of amides is 1. The molecule has 1 amide bonds. The first-order valence-electron chi connectivity index (χ1n) is 6.91. The van der Waals surface area contributed by atoms with Crippen LogP contribution >= 0.6 is 0 Å². The average molecular weight is 270 g/mol. The summed E-state index contributed by atoms with van der Waals surface area (Å²) in [6, 6.07) is 9.75. The molecule has 1 fully saturated rings. The van der Waals surface area contributed by atoms with Crippen molar-refractivity contribution in [3.63, 3.8) is 0 Å². The van der Waals surface area contributed by atoms with Gasteiger partial charge in [-0.2, -0.15) is 0 Å². The number of nitrogens with zero attached hydrogens (tertiary/aromatic N) is 1. The Bertz CT molecular complexity index is 635. The largest absolute Gasteiger partial charge is 0.368 e. The summed E-state index contributed by atoms with van der Waals surface area (Å²) in [5.41, 5.74) is 6.75. The van der Waals surface area contributed by atoms with Crippen LogP contribution in [0, 0.1) is 0 Å². The number of nitrogens with one attached hydrogen (secondary N) is 2. The third kappa shape index (κ3) is 2.58. The van der Waals surface area contributed by atoms with Crippen molar-refractivity contribution in [2.75, 3.05) is 18.4 Å². The van der Waals surface area contributed by atoms with Gasteiger partial charge < -0.3 is 16.4 Å². The van der Waals surface area contributed by atoms with Gasteiger partial charge in [-0.15, -0.1) is 0 Å². The molecule has 5 nitrogen and oxygen atoms in total. The number of aromatic nitrogens is 1. The predicted molar refractivity (Wildman–Crippen MR) is 79.8 cm³/mol. The molecule has 0 saturated carbocycles. The van der Waals surface area contributed by atoms with E-state index in [1.54, 1.807) is 6.07 Å². The van der Waals surface area contributed by atoms with E-state index in [0.717, 1.165) is 24.0 Å². The fourth-order valence-corrected chi connectivity index (χ4v) is 2.63. The molecule has 0 aliphatic carbocycles. The number of nitrogens with two attached hydrogens (primary N) is 1. The second kappa shape index (κ2) is 5.46. The highest BCUT2D eigenvalue weighted by Crippen LogP contribution is 2.20. The lowest BCUT2D eigenvalue weighted by Gasteiger charge is -2.13. The summed E-state index contributed by atoms with van der Waals surface area (Å²) < 4.78 is 0. The average Bonchev–Trinajstić information content (AvgIpc) is 2.97. The molecule has 0 bridgehead atoms. The summed E-state index contributed by atoms with van der Waals surface area (Å²) in [5, 5.41) is 7.51. The number of pyridine rings is 1. The Morgan fingerprint density at radius 2 is 2.30 bits per heavy atom. The maximum Gasteiger partial charge on any atom is 0.249 e. The SMILES string of the molecule is NC(=O)c1cc(NCC2CCCN2)nc2ccccc12. The molecule has 1 aliphatic rings. The van der Waals surface area contributed by atoms with Crippen molar-refractivity contribution in [2.45, 2.75) is 18.9 Å². The van der Waals surface area contributed by atoms with Crippen molar-refractivity contribution in [1.82, 2.24) is 10.3 Å². The van der Waals surface area contributed by atoms with Crippen LogP contribution in [0.4, 0.5) is 5.82 Å². The van der Waals surface area contributed by atoms with Crippen molar-refractivity contribution in [3.8, 4) is 0 Å². The number of rotatable bonds is 4. The first-order chi connectivity index (χ1) is 9.74. The van der Waals surface area contributed by atoms with E-state index < -0.39 is 5.91 Å². The van der Waals surface area contributed by atoms with E-state index in [-0.39, 0.29) is 0 Å². The molecule has 4 N–H and O–H groups in total. The first kappa shape index (κ1) is 12.9. The van der Waals surface area contributed by atoms with E-state index in [1.807, 2.05) is 24.3 Å². The molecule has 5 heteroatoms. The van der Waals surface area contributed by atoms with Crippen LogP contribution in [0.2, 0.25) is 0 Å². The number of fused-ring (bicyclic) bond motifs is 1. The molecule has 20 heavy (non-hydrogen) atoms. The monoisotopic (exact) mass is 270 g/mol. The second-order valence-electron chi connectivity index (χ2n) is 5.11. The van der Waals surface area contributed by atoms with Gasteiger partial charge in [0.15, 0.2) is 0 Å². The number of carbonyl (C=O) groups excluding carboxylic acids is 1. The topological polar surface area (TPSA) is 80.0 Å². The Balaban J connectivity index is 1.88. The summed E-state index contributed by atoms with van der Waals surface area (Å²) in [7, 11) is 0. The van der Waals surface area contributed by atoms with Crippen LogP contribution in [0.3, 0.4) is 0 Å². The normalized spacial score (nSPS) is 18.3. The lowest BCUT2D eigenvalue weighted by atomic mass is 10.1. The van der Waals surface area contributed by atoms with E-state index in [4.69, 9.17) is 5.73 Å². The van der Waals surface area contributed by atoms with Gasteiger partial charge in [0.25, 0.3) is 0 Å². The molecule has 104 valence electrons. The van der Waals surface area contributed by atoms with Gasteiger partial charge in [-0.3, -0.25) is 4.79 Å².